The van der Waals surface area contributed by atoms with Gasteiger partial charge in [-0.3, -0.25) is 0 Å². The maximum Gasteiger partial charge on any atom is 0.340 e. The number of fused-ring (bicyclic) bond motifs is 2. The van der Waals surface area contributed by atoms with Crippen LogP contribution in [0.15, 0.2) is 8.95 Å². The number of benzene rings is 2. The molecule has 12 heteroatoms. The number of carbonyl (C=O) groups is 2. The van der Waals surface area contributed by atoms with Crippen molar-refractivity contribution in [2.45, 2.75) is 13.8 Å². The van der Waals surface area contributed by atoms with Crippen LogP contribution in [0.5, 0.6) is 34.5 Å². The molecule has 2 aromatic rings. The molecule has 0 spiro atoms. The highest BCUT2D eigenvalue weighted by atomic mass is 79.9. The maximum absolute atomic E-state index is 13.2. The molecule has 0 unspecified atom stereocenters. The molecule has 0 amide bonds. The minimum absolute atomic E-state index is 0.0394. The van der Waals surface area contributed by atoms with E-state index in [1.807, 2.05) is 0 Å². The second-order valence-corrected chi connectivity index (χ2v) is 8.35. The van der Waals surface area contributed by atoms with Gasteiger partial charge < -0.3 is 37.9 Å². The summed E-state index contributed by atoms with van der Waals surface area (Å²) in [6.07, 6.45) is 0. The minimum atomic E-state index is -0.688. The van der Waals surface area contributed by atoms with Crippen molar-refractivity contribution >= 4 is 43.8 Å². The van der Waals surface area contributed by atoms with E-state index in [2.05, 4.69) is 31.9 Å². The zero-order valence-electron chi connectivity index (χ0n) is 18.7. The second kappa shape index (κ2) is 9.79. The molecule has 182 valence electrons. The summed E-state index contributed by atoms with van der Waals surface area (Å²) >= 11 is 6.90. The molecule has 2 aromatic carbocycles. The van der Waals surface area contributed by atoms with E-state index >= 15 is 0 Å². The number of halogens is 2. The molecule has 0 saturated heterocycles. The zero-order valence-corrected chi connectivity index (χ0v) is 21.8. The van der Waals surface area contributed by atoms with Crippen molar-refractivity contribution in [3.63, 3.8) is 0 Å². The summed E-state index contributed by atoms with van der Waals surface area (Å²) in [5.41, 5.74) is 0.405. The number of carbonyl (C=O) groups excluding carboxylic acids is 2. The van der Waals surface area contributed by atoms with Gasteiger partial charge in [0.25, 0.3) is 0 Å². The first-order valence-corrected chi connectivity index (χ1v) is 11.7. The molecule has 2 aliphatic heterocycles. The van der Waals surface area contributed by atoms with Crippen LogP contribution in [-0.4, -0.2) is 53.0 Å². The molecule has 0 N–H and O–H groups in total. The highest BCUT2D eigenvalue weighted by Gasteiger charge is 2.40. The molecular weight excluding hydrogens is 584 g/mol. The molecule has 4 rings (SSSR count). The molecule has 0 saturated carbocycles. The summed E-state index contributed by atoms with van der Waals surface area (Å²) in [5.74, 6) is -0.105. The number of esters is 2. The molecule has 2 heterocycles. The molecule has 0 bridgehead atoms. The van der Waals surface area contributed by atoms with Crippen molar-refractivity contribution in [1.29, 1.82) is 0 Å². The van der Waals surface area contributed by atoms with Crippen LogP contribution in [-0.2, 0) is 9.47 Å². The average Bonchev–Trinajstić information content (AvgIpc) is 3.49. The predicted molar refractivity (Wildman–Crippen MR) is 125 cm³/mol. The molecule has 0 fully saturated rings. The third-order valence-electron chi connectivity index (χ3n) is 5.05. The second-order valence-electron chi connectivity index (χ2n) is 6.76. The Morgan fingerprint density at radius 2 is 1.06 bits per heavy atom. The third kappa shape index (κ3) is 3.68. The number of ether oxygens (including phenoxy) is 8. The van der Waals surface area contributed by atoms with Gasteiger partial charge in [0.2, 0.25) is 25.1 Å². The quantitative estimate of drug-likeness (QED) is 0.413. The standard InChI is InChI=1S/C22H20Br2O10/c1-5-29-21(25)11-9(15(27-3)19-17(13(11)23)31-7-33-19)10-12(22(26)30-6-2)14(24)18-20(16(10)28-4)34-8-32-18/h5-8H2,1-4H3. The predicted octanol–water partition coefficient (Wildman–Crippen LogP) is 4.71. The van der Waals surface area contributed by atoms with Crippen LogP contribution in [0.1, 0.15) is 34.6 Å². The van der Waals surface area contributed by atoms with Gasteiger partial charge in [0.15, 0.2) is 23.0 Å². The molecule has 0 aliphatic carbocycles. The summed E-state index contributed by atoms with van der Waals surface area (Å²) in [7, 11) is 2.81. The van der Waals surface area contributed by atoms with Crippen molar-refractivity contribution in [3.05, 3.63) is 20.1 Å². The van der Waals surface area contributed by atoms with Crippen molar-refractivity contribution in [2.75, 3.05) is 41.0 Å². The van der Waals surface area contributed by atoms with Gasteiger partial charge >= 0.3 is 11.9 Å². The van der Waals surface area contributed by atoms with Gasteiger partial charge in [-0.05, 0) is 45.7 Å². The Labute approximate surface area is 211 Å². The zero-order chi connectivity index (χ0) is 24.6. The number of rotatable bonds is 7. The van der Waals surface area contributed by atoms with E-state index in [4.69, 9.17) is 37.9 Å². The summed E-state index contributed by atoms with van der Waals surface area (Å²) in [4.78, 5) is 26.4. The van der Waals surface area contributed by atoms with Crippen molar-refractivity contribution in [3.8, 4) is 45.6 Å². The number of hydrogen-bond acceptors (Lipinski definition) is 10. The lowest BCUT2D eigenvalue weighted by atomic mass is 9.91. The van der Waals surface area contributed by atoms with Gasteiger partial charge in [0.1, 0.15) is 0 Å². The monoisotopic (exact) mass is 602 g/mol. The number of methoxy groups -OCH3 is 2. The van der Waals surface area contributed by atoms with E-state index in [-0.39, 0.29) is 92.5 Å². The first-order valence-electron chi connectivity index (χ1n) is 10.1. The Morgan fingerprint density at radius 3 is 1.38 bits per heavy atom. The fourth-order valence-electron chi connectivity index (χ4n) is 3.78. The summed E-state index contributed by atoms with van der Waals surface area (Å²) in [5, 5.41) is 0. The first kappa shape index (κ1) is 24.3. The Bertz CT molecular complexity index is 1090. The molecule has 0 aromatic heterocycles. The van der Waals surface area contributed by atoms with Gasteiger partial charge in [0, 0.05) is 11.1 Å². The Balaban J connectivity index is 2.21. The van der Waals surface area contributed by atoms with Crippen LogP contribution >= 0.6 is 31.9 Å². The molecule has 2 aliphatic rings. The molecule has 0 atom stereocenters. The van der Waals surface area contributed by atoms with Crippen LogP contribution in [0.3, 0.4) is 0 Å². The SMILES string of the molecule is CCOC(=O)c1c(Br)c2c(c(OC)c1-c1c(OC)c3c(c(Br)c1C(=O)OCC)OCO3)OCO2. The highest BCUT2D eigenvalue weighted by Crippen LogP contribution is 2.60. The molecule has 34 heavy (non-hydrogen) atoms. The van der Waals surface area contributed by atoms with Crippen LogP contribution < -0.4 is 28.4 Å². The fraction of sp³-hybridized carbons (Fsp3) is 0.364. The Morgan fingerprint density at radius 1 is 0.706 bits per heavy atom. The van der Waals surface area contributed by atoms with Gasteiger partial charge in [-0.15, -0.1) is 0 Å². The third-order valence-corrected chi connectivity index (χ3v) is 6.56. The van der Waals surface area contributed by atoms with Gasteiger partial charge in [-0.25, -0.2) is 9.59 Å². The number of hydrogen-bond donors (Lipinski definition) is 0. The summed E-state index contributed by atoms with van der Waals surface area (Å²) < 4.78 is 45.0. The van der Waals surface area contributed by atoms with E-state index in [9.17, 15) is 9.59 Å². The van der Waals surface area contributed by atoms with Crippen molar-refractivity contribution < 1.29 is 47.5 Å². The summed E-state index contributed by atoms with van der Waals surface area (Å²) in [6.45, 7) is 3.38. The topological polar surface area (TPSA) is 108 Å². The van der Waals surface area contributed by atoms with Gasteiger partial charge in [0.05, 0.1) is 47.5 Å². The van der Waals surface area contributed by atoms with Crippen LogP contribution in [0, 0.1) is 0 Å². The largest absolute Gasteiger partial charge is 0.492 e. The van der Waals surface area contributed by atoms with E-state index in [1.54, 1.807) is 13.8 Å². The van der Waals surface area contributed by atoms with E-state index in [0.717, 1.165) is 0 Å². The Hall–Kier alpha value is -2.86. The van der Waals surface area contributed by atoms with E-state index in [1.165, 1.54) is 14.2 Å². The van der Waals surface area contributed by atoms with Crippen molar-refractivity contribution in [1.82, 2.24) is 0 Å². The maximum atomic E-state index is 13.2. The lowest BCUT2D eigenvalue weighted by molar-refractivity contribution is 0.0513. The highest BCUT2D eigenvalue weighted by molar-refractivity contribution is 9.11. The van der Waals surface area contributed by atoms with Gasteiger partial charge in [-0.1, -0.05) is 0 Å². The first-order chi connectivity index (χ1) is 16.4. The molecule has 10 nitrogen and oxygen atoms in total. The van der Waals surface area contributed by atoms with E-state index in [0.29, 0.717) is 0 Å². The normalized spacial score (nSPS) is 13.0. The van der Waals surface area contributed by atoms with Crippen LogP contribution in [0.2, 0.25) is 0 Å². The lowest BCUT2D eigenvalue weighted by Crippen LogP contribution is -2.14. The average molecular weight is 604 g/mol. The fourth-order valence-corrected chi connectivity index (χ4v) is 5.09. The van der Waals surface area contributed by atoms with Gasteiger partial charge in [-0.2, -0.15) is 0 Å². The van der Waals surface area contributed by atoms with Crippen molar-refractivity contribution in [2.24, 2.45) is 0 Å². The smallest absolute Gasteiger partial charge is 0.340 e. The van der Waals surface area contributed by atoms with Crippen LogP contribution in [0.25, 0.3) is 11.1 Å². The van der Waals surface area contributed by atoms with E-state index < -0.39 is 11.9 Å². The minimum Gasteiger partial charge on any atom is -0.492 e. The van der Waals surface area contributed by atoms with Crippen LogP contribution in [0.4, 0.5) is 0 Å². The molecular formula is C22H20Br2O10. The molecule has 0 radical (unpaired) electrons. The lowest BCUT2D eigenvalue weighted by Gasteiger charge is -2.22. The Kier molecular flexibility index (Phi) is 6.99. The summed E-state index contributed by atoms with van der Waals surface area (Å²) in [6, 6.07) is 0.